The van der Waals surface area contributed by atoms with Gasteiger partial charge in [-0.05, 0) is 18.6 Å². The van der Waals surface area contributed by atoms with Crippen molar-refractivity contribution in [2.45, 2.75) is 44.1 Å². The first kappa shape index (κ1) is 17.3. The number of aromatic nitrogens is 4. The molecule has 0 spiro atoms. The van der Waals surface area contributed by atoms with E-state index in [1.165, 1.54) is 18.2 Å². The quantitative estimate of drug-likeness (QED) is 0.818. The fourth-order valence-electron chi connectivity index (χ4n) is 2.63. The van der Waals surface area contributed by atoms with Gasteiger partial charge in [0.1, 0.15) is 11.4 Å². The minimum absolute atomic E-state index is 0.00847. The number of nitrogens with zero attached hydrogens (tertiary/aromatic N) is 4. The number of halogens is 4. The van der Waals surface area contributed by atoms with E-state index in [1.54, 1.807) is 0 Å². The third-order valence-electron chi connectivity index (χ3n) is 3.82. The maximum atomic E-state index is 13.4. The molecule has 0 amide bonds. The van der Waals surface area contributed by atoms with E-state index >= 15 is 0 Å². The number of alkyl halides is 4. The van der Waals surface area contributed by atoms with Gasteiger partial charge >= 0.3 is 0 Å². The summed E-state index contributed by atoms with van der Waals surface area (Å²) < 4.78 is 53.4. The van der Waals surface area contributed by atoms with Gasteiger partial charge in [0.05, 0.1) is 0 Å². The van der Waals surface area contributed by atoms with Crippen LogP contribution in [0.3, 0.4) is 0 Å². The van der Waals surface area contributed by atoms with Crippen molar-refractivity contribution in [2.24, 2.45) is 0 Å². The summed E-state index contributed by atoms with van der Waals surface area (Å²) >= 11 is 0. The molecule has 6 nitrogen and oxygen atoms in total. The second kappa shape index (κ2) is 6.08. The summed E-state index contributed by atoms with van der Waals surface area (Å²) in [4.78, 5) is 15.7. The molecule has 0 aliphatic heterocycles. The topological polar surface area (TPSA) is 89.6 Å². The summed E-state index contributed by atoms with van der Waals surface area (Å²) in [6.07, 6.45) is -0.277. The third kappa shape index (κ3) is 4.12. The zero-order chi connectivity index (χ0) is 18.2. The zero-order valence-corrected chi connectivity index (χ0v) is 13.3. The Morgan fingerprint density at radius 2 is 1.96 bits per heavy atom. The predicted molar refractivity (Wildman–Crippen MR) is 83.2 cm³/mol. The molecule has 1 saturated carbocycles. The number of nitrogens with one attached hydrogen (secondary N) is 1. The highest BCUT2D eigenvalue weighted by Gasteiger charge is 2.39. The van der Waals surface area contributed by atoms with E-state index in [0.29, 0.717) is 0 Å². The van der Waals surface area contributed by atoms with E-state index in [4.69, 9.17) is 5.73 Å². The Labute approximate surface area is 140 Å². The molecular weight excluding hydrogens is 340 g/mol. The van der Waals surface area contributed by atoms with Crippen molar-refractivity contribution < 1.29 is 17.6 Å². The maximum absolute atomic E-state index is 13.4. The highest BCUT2D eigenvalue weighted by Crippen LogP contribution is 2.36. The summed E-state index contributed by atoms with van der Waals surface area (Å²) in [7, 11) is 0. The van der Waals surface area contributed by atoms with Crippen LogP contribution in [0.2, 0.25) is 0 Å². The van der Waals surface area contributed by atoms with Gasteiger partial charge in [0, 0.05) is 25.8 Å². The zero-order valence-electron chi connectivity index (χ0n) is 13.3. The van der Waals surface area contributed by atoms with Crippen LogP contribution in [-0.4, -0.2) is 31.9 Å². The molecule has 0 bridgehead atoms. The minimum atomic E-state index is -3.12. The van der Waals surface area contributed by atoms with Crippen LogP contribution in [0.1, 0.15) is 31.9 Å². The summed E-state index contributed by atoms with van der Waals surface area (Å²) in [5.74, 6) is -5.99. The van der Waals surface area contributed by atoms with E-state index in [-0.39, 0.29) is 42.7 Å². The van der Waals surface area contributed by atoms with E-state index in [1.807, 2.05) is 0 Å². The Balaban J connectivity index is 1.87. The van der Waals surface area contributed by atoms with Crippen LogP contribution in [0.5, 0.6) is 0 Å². The standard InChI is InChI=1S/C15H16F4N6/c1-14(16,17)10-4-2-3-9(22-10)11-23-12(20)25-13(24-11)21-8-5-6-15(18,19)7-8/h2-4,8H,5-7H2,1H3,(H3,20,21,23,24,25). The largest absolute Gasteiger partial charge is 0.368 e. The van der Waals surface area contributed by atoms with E-state index < -0.39 is 23.6 Å². The van der Waals surface area contributed by atoms with Crippen LogP contribution in [0.15, 0.2) is 18.2 Å². The average Bonchev–Trinajstić information content (AvgIpc) is 2.85. The summed E-state index contributed by atoms with van der Waals surface area (Å²) in [5.41, 5.74) is 5.28. The number of anilines is 2. The molecule has 0 aromatic carbocycles. The normalized spacial score (nSPS) is 19.8. The number of pyridine rings is 1. The van der Waals surface area contributed by atoms with E-state index in [2.05, 4.69) is 25.3 Å². The second-order valence-electron chi connectivity index (χ2n) is 6.08. The Morgan fingerprint density at radius 1 is 1.20 bits per heavy atom. The second-order valence-corrected chi connectivity index (χ2v) is 6.08. The van der Waals surface area contributed by atoms with E-state index in [0.717, 1.165) is 6.92 Å². The fraction of sp³-hybridized carbons (Fsp3) is 0.467. The highest BCUT2D eigenvalue weighted by molar-refractivity contribution is 5.53. The van der Waals surface area contributed by atoms with Crippen LogP contribution in [0.25, 0.3) is 11.5 Å². The predicted octanol–water partition coefficient (Wildman–Crippen LogP) is 3.23. The molecule has 1 unspecified atom stereocenters. The fourth-order valence-corrected chi connectivity index (χ4v) is 2.63. The number of rotatable bonds is 4. The molecule has 1 fully saturated rings. The molecule has 25 heavy (non-hydrogen) atoms. The van der Waals surface area contributed by atoms with Crippen molar-refractivity contribution in [1.29, 1.82) is 0 Å². The average molecular weight is 356 g/mol. The van der Waals surface area contributed by atoms with Crippen molar-refractivity contribution in [1.82, 2.24) is 19.9 Å². The van der Waals surface area contributed by atoms with Crippen LogP contribution < -0.4 is 11.1 Å². The number of nitrogen functional groups attached to an aromatic ring is 1. The van der Waals surface area contributed by atoms with Gasteiger partial charge in [0.25, 0.3) is 5.92 Å². The third-order valence-corrected chi connectivity index (χ3v) is 3.82. The molecular formula is C15H16F4N6. The van der Waals surface area contributed by atoms with Gasteiger partial charge in [-0.1, -0.05) is 6.07 Å². The molecule has 10 heteroatoms. The van der Waals surface area contributed by atoms with E-state index in [9.17, 15) is 17.6 Å². The molecule has 2 aromatic heterocycles. The molecule has 2 aromatic rings. The van der Waals surface area contributed by atoms with Crippen LogP contribution in [0.4, 0.5) is 29.5 Å². The lowest BCUT2D eigenvalue weighted by Gasteiger charge is -2.14. The van der Waals surface area contributed by atoms with Crippen LogP contribution >= 0.6 is 0 Å². The SMILES string of the molecule is CC(F)(F)c1cccc(-c2nc(N)nc(NC3CCC(F)(F)C3)n2)n1. The first-order valence-electron chi connectivity index (χ1n) is 7.64. The van der Waals surface area contributed by atoms with Crippen LogP contribution in [0, 0.1) is 0 Å². The molecule has 1 aliphatic rings. The number of nitrogens with two attached hydrogens (primary N) is 1. The molecule has 0 saturated heterocycles. The van der Waals surface area contributed by atoms with Gasteiger partial charge in [0.15, 0.2) is 5.82 Å². The number of hydrogen-bond acceptors (Lipinski definition) is 6. The lowest BCUT2D eigenvalue weighted by molar-refractivity contribution is 0.00841. The Morgan fingerprint density at radius 3 is 2.60 bits per heavy atom. The van der Waals surface area contributed by atoms with Gasteiger partial charge in [-0.2, -0.15) is 23.7 Å². The van der Waals surface area contributed by atoms with Crippen molar-refractivity contribution in [3.63, 3.8) is 0 Å². The molecule has 1 atom stereocenters. The first-order chi connectivity index (χ1) is 11.6. The molecule has 0 radical (unpaired) electrons. The Hall–Kier alpha value is -2.52. The smallest absolute Gasteiger partial charge is 0.286 e. The van der Waals surface area contributed by atoms with Crippen molar-refractivity contribution >= 4 is 11.9 Å². The van der Waals surface area contributed by atoms with Gasteiger partial charge in [-0.25, -0.2) is 13.8 Å². The van der Waals surface area contributed by atoms with Gasteiger partial charge in [0.2, 0.25) is 17.8 Å². The molecule has 2 heterocycles. The monoisotopic (exact) mass is 356 g/mol. The Bertz CT molecular complexity index is 777. The number of hydrogen-bond donors (Lipinski definition) is 2. The van der Waals surface area contributed by atoms with Gasteiger partial charge in [-0.15, -0.1) is 0 Å². The maximum Gasteiger partial charge on any atom is 0.286 e. The van der Waals surface area contributed by atoms with Crippen molar-refractivity contribution in [3.05, 3.63) is 23.9 Å². The van der Waals surface area contributed by atoms with Gasteiger partial charge in [-0.3, -0.25) is 0 Å². The Kier molecular flexibility index (Phi) is 4.21. The van der Waals surface area contributed by atoms with Gasteiger partial charge < -0.3 is 11.1 Å². The summed E-state index contributed by atoms with van der Waals surface area (Å²) in [6.45, 7) is 0.730. The summed E-state index contributed by atoms with van der Waals surface area (Å²) in [5, 5.41) is 2.79. The van der Waals surface area contributed by atoms with Crippen molar-refractivity contribution in [2.75, 3.05) is 11.1 Å². The lowest BCUT2D eigenvalue weighted by atomic mass is 10.2. The van der Waals surface area contributed by atoms with Crippen LogP contribution in [-0.2, 0) is 5.92 Å². The molecule has 3 rings (SSSR count). The molecule has 3 N–H and O–H groups in total. The molecule has 1 aliphatic carbocycles. The lowest BCUT2D eigenvalue weighted by Crippen LogP contribution is -2.21. The van der Waals surface area contributed by atoms with Crippen molar-refractivity contribution in [3.8, 4) is 11.5 Å². The first-order valence-corrected chi connectivity index (χ1v) is 7.64. The summed E-state index contributed by atoms with van der Waals surface area (Å²) in [6, 6.07) is 3.55. The highest BCUT2D eigenvalue weighted by atomic mass is 19.3. The minimum Gasteiger partial charge on any atom is -0.368 e. The molecule has 134 valence electrons.